The highest BCUT2D eigenvalue weighted by Gasteiger charge is 2.20. The Morgan fingerprint density at radius 2 is 1.86 bits per heavy atom. The monoisotopic (exact) mass is 318 g/mol. The third-order valence-electron chi connectivity index (χ3n) is 3.42. The van der Waals surface area contributed by atoms with E-state index in [4.69, 9.17) is 16.3 Å². The van der Waals surface area contributed by atoms with E-state index < -0.39 is 12.1 Å². The molecule has 2 rings (SSSR count). The molecule has 1 atom stereocenters. The van der Waals surface area contributed by atoms with Gasteiger partial charge in [-0.05, 0) is 35.2 Å². The number of hydrogen-bond acceptors (Lipinski definition) is 2. The van der Waals surface area contributed by atoms with Crippen molar-refractivity contribution in [1.29, 1.82) is 0 Å². The highest BCUT2D eigenvalue weighted by Crippen LogP contribution is 2.20. The molecule has 3 nitrogen and oxygen atoms in total. The Kier molecular flexibility index (Phi) is 5.45. The van der Waals surface area contributed by atoms with Crippen LogP contribution in [0.2, 0.25) is 5.02 Å². The van der Waals surface area contributed by atoms with Gasteiger partial charge >= 0.3 is 5.97 Å². The van der Waals surface area contributed by atoms with E-state index in [-0.39, 0.29) is 0 Å². The molecule has 0 amide bonds. The van der Waals surface area contributed by atoms with E-state index in [1.807, 2.05) is 24.3 Å². The summed E-state index contributed by atoms with van der Waals surface area (Å²) in [7, 11) is 0. The predicted octanol–water partition coefficient (Wildman–Crippen LogP) is 4.54. The first-order valence-corrected chi connectivity index (χ1v) is 7.57. The van der Waals surface area contributed by atoms with Crippen molar-refractivity contribution in [3.05, 3.63) is 64.7 Å². The Labute approximate surface area is 135 Å². The average Bonchev–Trinajstić information content (AvgIpc) is 2.47. The number of benzene rings is 2. The van der Waals surface area contributed by atoms with Gasteiger partial charge in [-0.3, -0.25) is 0 Å². The molecule has 0 saturated heterocycles. The van der Waals surface area contributed by atoms with Gasteiger partial charge in [-0.1, -0.05) is 55.8 Å². The van der Waals surface area contributed by atoms with E-state index in [0.717, 1.165) is 5.56 Å². The van der Waals surface area contributed by atoms with Gasteiger partial charge in [-0.2, -0.15) is 0 Å². The third-order valence-corrected chi connectivity index (χ3v) is 3.65. The lowest BCUT2D eigenvalue weighted by Gasteiger charge is -2.16. The van der Waals surface area contributed by atoms with Crippen molar-refractivity contribution in [2.45, 2.75) is 32.3 Å². The summed E-state index contributed by atoms with van der Waals surface area (Å²) in [4.78, 5) is 11.4. The number of aliphatic carboxylic acids is 1. The summed E-state index contributed by atoms with van der Waals surface area (Å²) < 4.78 is 5.55. The van der Waals surface area contributed by atoms with Gasteiger partial charge in [-0.15, -0.1) is 0 Å². The van der Waals surface area contributed by atoms with Crippen molar-refractivity contribution >= 4 is 17.6 Å². The van der Waals surface area contributed by atoms with Crippen molar-refractivity contribution in [1.82, 2.24) is 0 Å². The van der Waals surface area contributed by atoms with Gasteiger partial charge in [0.15, 0.2) is 6.10 Å². The summed E-state index contributed by atoms with van der Waals surface area (Å²) in [5.74, 6) is -0.0846. The maximum absolute atomic E-state index is 11.4. The zero-order chi connectivity index (χ0) is 16.1. The Morgan fingerprint density at radius 1 is 1.18 bits per heavy atom. The molecule has 0 aliphatic rings. The molecule has 0 aromatic heterocycles. The minimum absolute atomic E-state index is 0.306. The number of hydrogen-bond donors (Lipinski definition) is 1. The van der Waals surface area contributed by atoms with Crippen LogP contribution in [0.1, 0.15) is 30.9 Å². The van der Waals surface area contributed by atoms with E-state index in [2.05, 4.69) is 13.8 Å². The van der Waals surface area contributed by atoms with Gasteiger partial charge in [0, 0.05) is 11.4 Å². The molecule has 22 heavy (non-hydrogen) atoms. The first kappa shape index (κ1) is 16.4. The maximum atomic E-state index is 11.4. The minimum atomic E-state index is -0.993. The number of carbonyl (C=O) groups is 1. The number of halogens is 1. The van der Waals surface area contributed by atoms with E-state index in [1.165, 1.54) is 5.56 Å². The number of carboxylic acids is 1. The molecule has 116 valence electrons. The number of carboxylic acid groups (broad SMARTS) is 1. The average molecular weight is 319 g/mol. The number of rotatable bonds is 6. The van der Waals surface area contributed by atoms with E-state index in [9.17, 15) is 9.90 Å². The summed E-state index contributed by atoms with van der Waals surface area (Å²) in [5.41, 5.74) is 2.16. The van der Waals surface area contributed by atoms with Crippen molar-refractivity contribution in [2.24, 2.45) is 0 Å². The lowest BCUT2D eigenvalue weighted by molar-refractivity contribution is -0.145. The highest BCUT2D eigenvalue weighted by molar-refractivity contribution is 6.30. The second kappa shape index (κ2) is 7.32. The van der Waals surface area contributed by atoms with Gasteiger partial charge in [0.05, 0.1) is 0 Å². The summed E-state index contributed by atoms with van der Waals surface area (Å²) in [5, 5.41) is 9.87. The van der Waals surface area contributed by atoms with Crippen molar-refractivity contribution < 1.29 is 14.6 Å². The first-order valence-electron chi connectivity index (χ1n) is 7.19. The first-order chi connectivity index (χ1) is 10.5. The van der Waals surface area contributed by atoms with Crippen LogP contribution in [-0.2, 0) is 11.2 Å². The standard InChI is InChI=1S/C18H19ClO3/c1-12(2)14-8-6-13(7-9-14)10-17(18(20)21)22-16-5-3-4-15(19)11-16/h3-9,11-12,17H,10H2,1-2H3,(H,20,21)/t17-/m0/s1. The molecule has 0 radical (unpaired) electrons. The van der Waals surface area contributed by atoms with Crippen LogP contribution in [0.4, 0.5) is 0 Å². The third kappa shape index (κ3) is 4.50. The second-order valence-corrected chi connectivity index (χ2v) is 5.94. The van der Waals surface area contributed by atoms with Crippen LogP contribution in [0.5, 0.6) is 5.75 Å². The smallest absolute Gasteiger partial charge is 0.345 e. The fraction of sp³-hybridized carbons (Fsp3) is 0.278. The zero-order valence-electron chi connectivity index (χ0n) is 12.6. The quantitative estimate of drug-likeness (QED) is 0.850. The normalized spacial score (nSPS) is 12.2. The summed E-state index contributed by atoms with van der Waals surface area (Å²) in [6.45, 7) is 4.24. The predicted molar refractivity (Wildman–Crippen MR) is 87.7 cm³/mol. The minimum Gasteiger partial charge on any atom is -0.478 e. The molecule has 0 unspecified atom stereocenters. The highest BCUT2D eigenvalue weighted by atomic mass is 35.5. The van der Waals surface area contributed by atoms with E-state index in [1.54, 1.807) is 24.3 Å². The molecule has 2 aromatic carbocycles. The van der Waals surface area contributed by atoms with Crippen LogP contribution < -0.4 is 4.74 Å². The molecule has 0 fully saturated rings. The van der Waals surface area contributed by atoms with Crippen LogP contribution in [0.25, 0.3) is 0 Å². The molecule has 4 heteroatoms. The Morgan fingerprint density at radius 3 is 2.41 bits per heavy atom. The number of ether oxygens (including phenoxy) is 1. The molecule has 0 aliphatic carbocycles. The fourth-order valence-corrected chi connectivity index (χ4v) is 2.32. The SMILES string of the molecule is CC(C)c1ccc(C[C@H](Oc2cccc(Cl)c2)C(=O)O)cc1. The lowest BCUT2D eigenvalue weighted by Crippen LogP contribution is -2.29. The molecular formula is C18H19ClO3. The molecule has 0 saturated carbocycles. The zero-order valence-corrected chi connectivity index (χ0v) is 13.4. The van der Waals surface area contributed by atoms with Crippen LogP contribution in [-0.4, -0.2) is 17.2 Å². The van der Waals surface area contributed by atoms with Crippen molar-refractivity contribution in [3.8, 4) is 5.75 Å². The Bertz CT molecular complexity index is 635. The largest absolute Gasteiger partial charge is 0.478 e. The van der Waals surface area contributed by atoms with Crippen LogP contribution >= 0.6 is 11.6 Å². The second-order valence-electron chi connectivity index (χ2n) is 5.50. The fourth-order valence-electron chi connectivity index (χ4n) is 2.14. The topological polar surface area (TPSA) is 46.5 Å². The van der Waals surface area contributed by atoms with Gasteiger partial charge in [0.2, 0.25) is 0 Å². The van der Waals surface area contributed by atoms with Gasteiger partial charge in [0.25, 0.3) is 0 Å². The van der Waals surface area contributed by atoms with Crippen LogP contribution in [0.3, 0.4) is 0 Å². The van der Waals surface area contributed by atoms with Crippen LogP contribution in [0, 0.1) is 0 Å². The molecule has 2 aromatic rings. The summed E-state index contributed by atoms with van der Waals surface area (Å²) in [6.07, 6.45) is -0.636. The van der Waals surface area contributed by atoms with Gasteiger partial charge in [0.1, 0.15) is 5.75 Å². The molecular weight excluding hydrogens is 300 g/mol. The molecule has 0 aliphatic heterocycles. The summed E-state index contributed by atoms with van der Waals surface area (Å²) in [6, 6.07) is 14.7. The van der Waals surface area contributed by atoms with Crippen LogP contribution in [0.15, 0.2) is 48.5 Å². The van der Waals surface area contributed by atoms with Gasteiger partial charge < -0.3 is 9.84 Å². The van der Waals surface area contributed by atoms with Crippen molar-refractivity contribution in [2.75, 3.05) is 0 Å². The Hall–Kier alpha value is -2.00. The molecule has 0 heterocycles. The summed E-state index contributed by atoms with van der Waals surface area (Å²) >= 11 is 5.89. The Balaban J connectivity index is 2.10. The molecule has 0 bridgehead atoms. The lowest BCUT2D eigenvalue weighted by atomic mass is 10.00. The van der Waals surface area contributed by atoms with Crippen molar-refractivity contribution in [3.63, 3.8) is 0 Å². The van der Waals surface area contributed by atoms with E-state index >= 15 is 0 Å². The van der Waals surface area contributed by atoms with Gasteiger partial charge in [-0.25, -0.2) is 4.79 Å². The molecule has 0 spiro atoms. The van der Waals surface area contributed by atoms with E-state index in [0.29, 0.717) is 23.1 Å². The maximum Gasteiger partial charge on any atom is 0.345 e. The molecule has 1 N–H and O–H groups in total.